The number of hydrogen-bond donors (Lipinski definition) is 1. The third-order valence-corrected chi connectivity index (χ3v) is 7.92. The van der Waals surface area contributed by atoms with Gasteiger partial charge in [-0.1, -0.05) is 17.7 Å². The van der Waals surface area contributed by atoms with Crippen LogP contribution < -0.4 is 10.2 Å². The van der Waals surface area contributed by atoms with Gasteiger partial charge in [0.15, 0.2) is 0 Å². The molecule has 2 heterocycles. The molecule has 4 rings (SSSR count). The quantitative estimate of drug-likeness (QED) is 0.355. The van der Waals surface area contributed by atoms with Gasteiger partial charge in [0.2, 0.25) is 16.0 Å². The van der Waals surface area contributed by atoms with Crippen molar-refractivity contribution in [3.63, 3.8) is 0 Å². The van der Waals surface area contributed by atoms with Crippen molar-refractivity contribution >= 4 is 38.9 Å². The predicted octanol–water partition coefficient (Wildman–Crippen LogP) is 3.47. The molecular formula is C23H25N7O6S. The molecule has 14 heteroatoms. The highest BCUT2D eigenvalue weighted by Crippen LogP contribution is 2.33. The van der Waals surface area contributed by atoms with E-state index in [0.717, 1.165) is 33.4 Å². The van der Waals surface area contributed by atoms with E-state index in [1.54, 1.807) is 6.07 Å². The number of rotatable bonds is 7. The lowest BCUT2D eigenvalue weighted by Crippen LogP contribution is -2.49. The topological polar surface area (TPSA) is 165 Å². The highest BCUT2D eigenvalue weighted by molar-refractivity contribution is 7.89. The predicted molar refractivity (Wildman–Crippen MR) is 137 cm³/mol. The summed E-state index contributed by atoms with van der Waals surface area (Å²) in [6.45, 7) is 5.69. The molecule has 2 aromatic carbocycles. The van der Waals surface area contributed by atoms with Gasteiger partial charge in [-0.25, -0.2) is 13.4 Å². The molecule has 0 unspecified atom stereocenters. The highest BCUT2D eigenvalue weighted by Gasteiger charge is 2.34. The van der Waals surface area contributed by atoms with E-state index in [2.05, 4.69) is 15.3 Å². The fourth-order valence-electron chi connectivity index (χ4n) is 4.01. The fourth-order valence-corrected chi connectivity index (χ4v) is 5.47. The lowest BCUT2D eigenvalue weighted by molar-refractivity contribution is -0.395. The molecule has 0 radical (unpaired) electrons. The summed E-state index contributed by atoms with van der Waals surface area (Å²) in [5.41, 5.74) is 1.29. The van der Waals surface area contributed by atoms with Crippen molar-refractivity contribution in [3.05, 3.63) is 79.5 Å². The smallest absolute Gasteiger partial charge is 0.280 e. The van der Waals surface area contributed by atoms with Gasteiger partial charge in [-0.3, -0.25) is 20.2 Å². The Labute approximate surface area is 213 Å². The normalized spacial score (nSPS) is 14.4. The van der Waals surface area contributed by atoms with Crippen LogP contribution in [0.1, 0.15) is 16.8 Å². The maximum absolute atomic E-state index is 13.2. The summed E-state index contributed by atoms with van der Waals surface area (Å²) in [4.78, 5) is 31.6. The molecule has 0 amide bonds. The van der Waals surface area contributed by atoms with Crippen LogP contribution in [0, 0.1) is 41.0 Å². The Hall–Kier alpha value is -4.17. The molecule has 3 aromatic rings. The van der Waals surface area contributed by atoms with Gasteiger partial charge in [-0.2, -0.15) is 9.29 Å². The average Bonchev–Trinajstić information content (AvgIpc) is 2.85. The second kappa shape index (κ2) is 10.1. The van der Waals surface area contributed by atoms with Crippen molar-refractivity contribution in [3.8, 4) is 0 Å². The zero-order chi connectivity index (χ0) is 26.9. The van der Waals surface area contributed by atoms with Crippen molar-refractivity contribution in [1.82, 2.24) is 14.3 Å². The van der Waals surface area contributed by atoms with Crippen LogP contribution in [0.2, 0.25) is 0 Å². The summed E-state index contributed by atoms with van der Waals surface area (Å²) in [6.07, 6.45) is 0. The molecule has 37 heavy (non-hydrogen) atoms. The van der Waals surface area contributed by atoms with Crippen LogP contribution in [0.15, 0.2) is 47.4 Å². The average molecular weight is 528 g/mol. The van der Waals surface area contributed by atoms with E-state index in [0.29, 0.717) is 11.8 Å². The third kappa shape index (κ3) is 5.49. The Morgan fingerprint density at radius 2 is 1.43 bits per heavy atom. The number of nitrogens with one attached hydrogen (secondary N) is 1. The van der Waals surface area contributed by atoms with E-state index in [4.69, 9.17) is 0 Å². The molecule has 0 bridgehead atoms. The van der Waals surface area contributed by atoms with Gasteiger partial charge in [0.25, 0.3) is 11.4 Å². The molecule has 13 nitrogen and oxygen atoms in total. The van der Waals surface area contributed by atoms with Crippen molar-refractivity contribution < 1.29 is 18.3 Å². The number of aromatic nitrogens is 2. The maximum atomic E-state index is 13.2. The summed E-state index contributed by atoms with van der Waals surface area (Å²) < 4.78 is 27.7. The van der Waals surface area contributed by atoms with Crippen molar-refractivity contribution in [2.24, 2.45) is 0 Å². The lowest BCUT2D eigenvalue weighted by atomic mass is 10.1. The second-order valence-corrected chi connectivity index (χ2v) is 10.6. The number of aryl methyl sites for hydroxylation is 2. The minimum Gasteiger partial charge on any atom is -0.340 e. The van der Waals surface area contributed by atoms with E-state index >= 15 is 0 Å². The van der Waals surface area contributed by atoms with E-state index in [-0.39, 0.29) is 31.7 Å². The summed E-state index contributed by atoms with van der Waals surface area (Å²) in [6, 6.07) is 11.4. The zero-order valence-corrected chi connectivity index (χ0v) is 21.2. The first-order valence-corrected chi connectivity index (χ1v) is 12.8. The molecule has 0 atom stereocenters. The number of anilines is 3. The van der Waals surface area contributed by atoms with E-state index in [1.165, 1.54) is 6.92 Å². The Kier molecular flexibility index (Phi) is 7.05. The Bertz CT molecular complexity index is 1430. The molecule has 1 N–H and O–H groups in total. The van der Waals surface area contributed by atoms with E-state index < -0.39 is 36.1 Å². The number of piperazine rings is 1. The molecule has 1 aromatic heterocycles. The number of benzene rings is 2. The van der Waals surface area contributed by atoms with Crippen molar-refractivity contribution in [2.45, 2.75) is 25.7 Å². The number of sulfonamides is 1. The Balaban J connectivity index is 1.53. The van der Waals surface area contributed by atoms with E-state index in [9.17, 15) is 28.6 Å². The van der Waals surface area contributed by atoms with Gasteiger partial charge in [0, 0.05) is 55.8 Å². The SMILES string of the molecule is Cc1ccc(Nc2cc(C)nc(N3CCN(S(=O)(=O)c4cc([N+](=O)[O-])c(C)c([N+](=O)[O-])c4)CC3)n2)cc1. The number of nitrogens with zero attached hydrogens (tertiary/aromatic N) is 6. The van der Waals surface area contributed by atoms with Gasteiger partial charge in [-0.05, 0) is 32.9 Å². The van der Waals surface area contributed by atoms with Gasteiger partial charge in [-0.15, -0.1) is 0 Å². The van der Waals surface area contributed by atoms with Gasteiger partial charge in [0.1, 0.15) is 11.4 Å². The summed E-state index contributed by atoms with van der Waals surface area (Å²) >= 11 is 0. The highest BCUT2D eigenvalue weighted by atomic mass is 32.2. The summed E-state index contributed by atoms with van der Waals surface area (Å²) in [5, 5.41) is 26.0. The number of hydrogen-bond acceptors (Lipinski definition) is 10. The number of nitro groups is 2. The van der Waals surface area contributed by atoms with Crippen LogP contribution in [-0.2, 0) is 10.0 Å². The Morgan fingerprint density at radius 1 is 0.865 bits per heavy atom. The third-order valence-electron chi connectivity index (χ3n) is 6.05. The van der Waals surface area contributed by atoms with Crippen LogP contribution in [0.5, 0.6) is 0 Å². The molecule has 194 valence electrons. The van der Waals surface area contributed by atoms with Gasteiger partial charge < -0.3 is 10.2 Å². The molecule has 1 aliphatic heterocycles. The number of nitro benzene ring substituents is 2. The van der Waals surface area contributed by atoms with Crippen LogP contribution in [0.4, 0.5) is 28.8 Å². The maximum Gasteiger partial charge on any atom is 0.280 e. The van der Waals surface area contributed by atoms with Crippen LogP contribution in [0.25, 0.3) is 0 Å². The summed E-state index contributed by atoms with van der Waals surface area (Å²) in [7, 11) is -4.21. The van der Waals surface area contributed by atoms with Gasteiger partial charge in [0.05, 0.1) is 14.7 Å². The fraction of sp³-hybridized carbons (Fsp3) is 0.304. The molecule has 0 spiro atoms. The summed E-state index contributed by atoms with van der Waals surface area (Å²) in [5.74, 6) is 1.04. The first-order chi connectivity index (χ1) is 17.5. The van der Waals surface area contributed by atoms with Crippen LogP contribution in [0.3, 0.4) is 0 Å². The second-order valence-electron chi connectivity index (χ2n) is 8.68. The molecule has 1 saturated heterocycles. The van der Waals surface area contributed by atoms with E-state index in [1.807, 2.05) is 43.0 Å². The molecule has 0 aliphatic carbocycles. The van der Waals surface area contributed by atoms with Crippen LogP contribution >= 0.6 is 0 Å². The first-order valence-electron chi connectivity index (χ1n) is 11.3. The monoisotopic (exact) mass is 527 g/mol. The van der Waals surface area contributed by atoms with Crippen molar-refractivity contribution in [1.29, 1.82) is 0 Å². The molecular weight excluding hydrogens is 502 g/mol. The molecule has 1 aliphatic rings. The zero-order valence-electron chi connectivity index (χ0n) is 20.4. The van der Waals surface area contributed by atoms with Crippen molar-refractivity contribution in [2.75, 3.05) is 36.4 Å². The standard InChI is InChI=1S/C23H25N7O6S/c1-15-4-6-18(7-5-15)25-22-12-16(2)24-23(26-22)27-8-10-28(11-9-27)37(35,36)19-13-20(29(31)32)17(3)21(14-19)30(33)34/h4-7,12-14H,8-11H2,1-3H3,(H,24,25,26). The minimum absolute atomic E-state index is 0.0514. The Morgan fingerprint density at radius 3 is 1.97 bits per heavy atom. The molecule has 0 saturated carbocycles. The van der Waals surface area contributed by atoms with Crippen LogP contribution in [-0.4, -0.2) is 58.7 Å². The molecule has 1 fully saturated rings. The first kappa shape index (κ1) is 25.9. The van der Waals surface area contributed by atoms with Gasteiger partial charge >= 0.3 is 0 Å². The lowest BCUT2D eigenvalue weighted by Gasteiger charge is -2.34. The minimum atomic E-state index is -4.21. The largest absolute Gasteiger partial charge is 0.340 e.